The SMILES string of the molecule is CC(C)C(=O)N[C@H]1CCCCNC(=O)[C@H](Cc2ccccc2)NC(=O)c2coc(n2)[C@H](C)NC1=O. The number of hydrogen-bond donors (Lipinski definition) is 4. The molecular formula is C25H33N5O5. The molecular weight excluding hydrogens is 450 g/mol. The highest BCUT2D eigenvalue weighted by Crippen LogP contribution is 2.14. The molecule has 0 fully saturated rings. The largest absolute Gasteiger partial charge is 0.446 e. The van der Waals surface area contributed by atoms with E-state index < -0.39 is 24.0 Å². The molecule has 188 valence electrons. The summed E-state index contributed by atoms with van der Waals surface area (Å²) in [4.78, 5) is 55.1. The fraction of sp³-hybridized carbons (Fsp3) is 0.480. The first-order valence-corrected chi connectivity index (χ1v) is 11.9. The van der Waals surface area contributed by atoms with E-state index in [1.165, 1.54) is 6.26 Å². The summed E-state index contributed by atoms with van der Waals surface area (Å²) >= 11 is 0. The van der Waals surface area contributed by atoms with Crippen molar-refractivity contribution < 1.29 is 23.6 Å². The zero-order valence-electron chi connectivity index (χ0n) is 20.3. The van der Waals surface area contributed by atoms with Gasteiger partial charge in [0.25, 0.3) is 5.91 Å². The quantitative estimate of drug-likeness (QED) is 0.521. The fourth-order valence-electron chi connectivity index (χ4n) is 3.67. The van der Waals surface area contributed by atoms with Crippen LogP contribution in [-0.4, -0.2) is 47.2 Å². The van der Waals surface area contributed by atoms with Gasteiger partial charge in [-0.25, -0.2) is 4.98 Å². The van der Waals surface area contributed by atoms with Gasteiger partial charge >= 0.3 is 0 Å². The second kappa shape index (κ2) is 12.1. The van der Waals surface area contributed by atoms with Gasteiger partial charge in [0.1, 0.15) is 24.4 Å². The number of fused-ring (bicyclic) bond motifs is 2. The van der Waals surface area contributed by atoms with Crippen LogP contribution in [0.5, 0.6) is 0 Å². The third-order valence-electron chi connectivity index (χ3n) is 5.76. The molecule has 1 aromatic heterocycles. The first-order chi connectivity index (χ1) is 16.7. The normalized spacial score (nSPS) is 22.2. The van der Waals surface area contributed by atoms with E-state index in [4.69, 9.17) is 4.42 Å². The molecule has 2 aromatic rings. The molecule has 4 amide bonds. The Kier molecular flexibility index (Phi) is 8.99. The summed E-state index contributed by atoms with van der Waals surface area (Å²) in [5.74, 6) is -1.57. The molecule has 0 radical (unpaired) electrons. The summed E-state index contributed by atoms with van der Waals surface area (Å²) in [5, 5.41) is 11.2. The van der Waals surface area contributed by atoms with Crippen molar-refractivity contribution in [3.8, 4) is 0 Å². The van der Waals surface area contributed by atoms with E-state index in [2.05, 4.69) is 26.3 Å². The third kappa shape index (κ3) is 7.40. The van der Waals surface area contributed by atoms with Gasteiger partial charge in [0.2, 0.25) is 23.6 Å². The van der Waals surface area contributed by atoms with E-state index in [-0.39, 0.29) is 35.2 Å². The van der Waals surface area contributed by atoms with Crippen molar-refractivity contribution in [2.24, 2.45) is 5.92 Å². The van der Waals surface area contributed by atoms with Gasteiger partial charge in [0, 0.05) is 18.9 Å². The van der Waals surface area contributed by atoms with Crippen LogP contribution in [0.3, 0.4) is 0 Å². The minimum Gasteiger partial charge on any atom is -0.446 e. The van der Waals surface area contributed by atoms with Crippen LogP contribution in [0.4, 0.5) is 0 Å². The summed E-state index contributed by atoms with van der Waals surface area (Å²) in [7, 11) is 0. The van der Waals surface area contributed by atoms with Crippen LogP contribution >= 0.6 is 0 Å². The van der Waals surface area contributed by atoms with Crippen LogP contribution in [-0.2, 0) is 20.8 Å². The number of carbonyl (C=O) groups excluding carboxylic acids is 4. The molecule has 4 N–H and O–H groups in total. The molecule has 0 aliphatic carbocycles. The van der Waals surface area contributed by atoms with Gasteiger partial charge in [-0.3, -0.25) is 19.2 Å². The van der Waals surface area contributed by atoms with E-state index in [1.807, 2.05) is 30.3 Å². The monoisotopic (exact) mass is 483 g/mol. The number of nitrogens with zero attached hydrogens (tertiary/aromatic N) is 1. The van der Waals surface area contributed by atoms with Crippen molar-refractivity contribution in [3.05, 3.63) is 53.7 Å². The summed E-state index contributed by atoms with van der Waals surface area (Å²) < 4.78 is 5.43. The van der Waals surface area contributed by atoms with Crippen LogP contribution < -0.4 is 21.3 Å². The number of hydrogen-bond acceptors (Lipinski definition) is 6. The summed E-state index contributed by atoms with van der Waals surface area (Å²) in [5.41, 5.74) is 0.909. The average molecular weight is 484 g/mol. The lowest BCUT2D eigenvalue weighted by Gasteiger charge is -2.22. The lowest BCUT2D eigenvalue weighted by atomic mass is 10.0. The Labute approximate surface area is 204 Å². The highest BCUT2D eigenvalue weighted by molar-refractivity contribution is 5.96. The first kappa shape index (κ1) is 25.9. The zero-order chi connectivity index (χ0) is 25.4. The summed E-state index contributed by atoms with van der Waals surface area (Å²) in [6.45, 7) is 5.57. The van der Waals surface area contributed by atoms with Crippen LogP contribution in [0.1, 0.15) is 68.0 Å². The Hall–Kier alpha value is -3.69. The number of nitrogens with one attached hydrogen (secondary N) is 4. The summed E-state index contributed by atoms with van der Waals surface area (Å²) in [6.07, 6.45) is 3.13. The molecule has 2 bridgehead atoms. The van der Waals surface area contributed by atoms with Crippen molar-refractivity contribution >= 4 is 23.6 Å². The zero-order valence-corrected chi connectivity index (χ0v) is 20.3. The molecule has 0 spiro atoms. The minimum absolute atomic E-state index is 0.00344. The van der Waals surface area contributed by atoms with Gasteiger partial charge in [0.15, 0.2) is 5.69 Å². The minimum atomic E-state index is -0.798. The van der Waals surface area contributed by atoms with Crippen molar-refractivity contribution in [2.75, 3.05) is 6.54 Å². The second-order valence-corrected chi connectivity index (χ2v) is 9.02. The van der Waals surface area contributed by atoms with Crippen molar-refractivity contribution in [3.63, 3.8) is 0 Å². The van der Waals surface area contributed by atoms with E-state index >= 15 is 0 Å². The number of rotatable bonds is 4. The van der Waals surface area contributed by atoms with Crippen molar-refractivity contribution in [1.29, 1.82) is 0 Å². The van der Waals surface area contributed by atoms with Crippen molar-refractivity contribution in [1.82, 2.24) is 26.3 Å². The molecule has 1 aliphatic rings. The highest BCUT2D eigenvalue weighted by Gasteiger charge is 2.27. The van der Waals surface area contributed by atoms with Gasteiger partial charge in [0.05, 0.1) is 0 Å². The van der Waals surface area contributed by atoms with E-state index in [0.717, 1.165) is 5.56 Å². The molecule has 0 saturated heterocycles. The molecule has 10 nitrogen and oxygen atoms in total. The van der Waals surface area contributed by atoms with E-state index in [0.29, 0.717) is 32.2 Å². The second-order valence-electron chi connectivity index (χ2n) is 9.02. The number of amides is 4. The Balaban J connectivity index is 1.80. The maximum Gasteiger partial charge on any atom is 0.273 e. The van der Waals surface area contributed by atoms with Gasteiger partial charge in [-0.05, 0) is 31.7 Å². The maximum absolute atomic E-state index is 12.9. The maximum atomic E-state index is 12.9. The van der Waals surface area contributed by atoms with Gasteiger partial charge < -0.3 is 25.7 Å². The number of carbonyl (C=O) groups is 4. The smallest absolute Gasteiger partial charge is 0.273 e. The first-order valence-electron chi connectivity index (χ1n) is 11.9. The van der Waals surface area contributed by atoms with Crippen molar-refractivity contribution in [2.45, 2.75) is 64.6 Å². The topological polar surface area (TPSA) is 142 Å². The van der Waals surface area contributed by atoms with Gasteiger partial charge in [-0.1, -0.05) is 44.2 Å². The molecule has 35 heavy (non-hydrogen) atoms. The number of benzene rings is 1. The molecule has 0 unspecified atom stereocenters. The molecule has 0 saturated carbocycles. The predicted octanol–water partition coefficient (Wildman–Crippen LogP) is 1.63. The Morgan fingerprint density at radius 3 is 2.57 bits per heavy atom. The standard InChI is InChI=1S/C25H33N5O5/c1-15(2)21(31)28-18-11-7-8-12-26-22(32)19(13-17-9-5-4-6-10-17)29-24(34)20-14-35-25(30-20)16(3)27-23(18)33/h4-6,9-10,14-16,18-19H,7-8,11-13H2,1-3H3,(H,26,32)(H,27,33)(H,28,31)(H,29,34)/t16-,18-,19-/m0/s1. The fourth-order valence-corrected chi connectivity index (χ4v) is 3.67. The lowest BCUT2D eigenvalue weighted by Crippen LogP contribution is -2.49. The Morgan fingerprint density at radius 2 is 1.86 bits per heavy atom. The molecule has 2 heterocycles. The van der Waals surface area contributed by atoms with Crippen LogP contribution in [0.25, 0.3) is 0 Å². The summed E-state index contributed by atoms with van der Waals surface area (Å²) in [6, 6.07) is 7.25. The van der Waals surface area contributed by atoms with Gasteiger partial charge in [-0.15, -0.1) is 0 Å². The predicted molar refractivity (Wildman–Crippen MR) is 128 cm³/mol. The number of aromatic nitrogens is 1. The molecule has 10 heteroatoms. The lowest BCUT2D eigenvalue weighted by molar-refractivity contribution is -0.131. The van der Waals surface area contributed by atoms with Crippen LogP contribution in [0.15, 0.2) is 41.0 Å². The van der Waals surface area contributed by atoms with Gasteiger partial charge in [-0.2, -0.15) is 0 Å². The Bertz CT molecular complexity index is 1040. The molecule has 1 aromatic carbocycles. The third-order valence-corrected chi connectivity index (χ3v) is 5.76. The van der Waals surface area contributed by atoms with E-state index in [9.17, 15) is 19.2 Å². The molecule has 3 atom stereocenters. The van der Waals surface area contributed by atoms with Crippen LogP contribution in [0, 0.1) is 5.92 Å². The Morgan fingerprint density at radius 1 is 1.11 bits per heavy atom. The van der Waals surface area contributed by atoms with Crippen LogP contribution in [0.2, 0.25) is 0 Å². The average Bonchev–Trinajstić information content (AvgIpc) is 3.33. The van der Waals surface area contributed by atoms with E-state index in [1.54, 1.807) is 20.8 Å². The molecule has 1 aliphatic heterocycles. The molecule has 3 rings (SSSR count). The number of oxazole rings is 1. The highest BCUT2D eigenvalue weighted by atomic mass is 16.3.